The van der Waals surface area contributed by atoms with E-state index in [1.807, 2.05) is 24.3 Å². The number of nitrogens with zero attached hydrogens (tertiary/aromatic N) is 1. The first-order valence-electron chi connectivity index (χ1n) is 3.90. The smallest absolute Gasteiger partial charge is 0.0635 e. The lowest BCUT2D eigenvalue weighted by Crippen LogP contribution is -1.93. The van der Waals surface area contributed by atoms with Crippen molar-refractivity contribution in [3.63, 3.8) is 0 Å². The van der Waals surface area contributed by atoms with E-state index in [1.165, 1.54) is 0 Å². The Morgan fingerprint density at radius 1 is 1.38 bits per heavy atom. The van der Waals surface area contributed by atoms with Crippen molar-refractivity contribution >= 4 is 23.7 Å². The van der Waals surface area contributed by atoms with Crippen molar-refractivity contribution < 1.29 is 5.21 Å². The normalized spacial score (nSPS) is 13.0. The Kier molecular flexibility index (Phi) is 1.97. The van der Waals surface area contributed by atoms with Crippen LogP contribution in [-0.2, 0) is 0 Å². The maximum Gasteiger partial charge on any atom is 0.0635 e. The molecular weight excluding hydrogens is 166 g/mol. The molecule has 1 aliphatic heterocycles. The molecule has 0 bridgehead atoms. The molecule has 1 heterocycles. The summed E-state index contributed by atoms with van der Waals surface area (Å²) in [6.45, 7) is 0. The molecule has 0 saturated carbocycles. The summed E-state index contributed by atoms with van der Waals surface area (Å²) in [6, 6.07) is 5.44. The van der Waals surface area contributed by atoms with Gasteiger partial charge in [-0.2, -0.15) is 5.10 Å². The average molecular weight is 175 g/mol. The number of benzene rings is 1. The van der Waals surface area contributed by atoms with Gasteiger partial charge in [0.1, 0.15) is 0 Å². The van der Waals surface area contributed by atoms with Crippen molar-refractivity contribution in [2.45, 2.75) is 0 Å². The van der Waals surface area contributed by atoms with Crippen LogP contribution < -0.4 is 10.9 Å². The molecule has 0 unspecified atom stereocenters. The molecule has 4 heteroatoms. The molecular formula is C9H9N3O. The molecule has 0 amide bonds. The quantitative estimate of drug-likeness (QED) is 0.571. The minimum absolute atomic E-state index is 0.659. The molecule has 0 aromatic heterocycles. The zero-order valence-corrected chi connectivity index (χ0v) is 6.86. The number of rotatable bonds is 1. The zero-order valence-electron chi connectivity index (χ0n) is 6.86. The van der Waals surface area contributed by atoms with Gasteiger partial charge in [-0.15, -0.1) is 0 Å². The van der Waals surface area contributed by atoms with Gasteiger partial charge in [-0.05, 0) is 24.3 Å². The number of allylic oxidation sites excluding steroid dienone is 1. The highest BCUT2D eigenvalue weighted by molar-refractivity contribution is 5.84. The lowest BCUT2D eigenvalue weighted by atomic mass is 10.1. The van der Waals surface area contributed by atoms with E-state index in [0.717, 1.165) is 11.3 Å². The van der Waals surface area contributed by atoms with E-state index in [1.54, 1.807) is 12.3 Å². The highest BCUT2D eigenvalue weighted by Gasteiger charge is 2.01. The van der Waals surface area contributed by atoms with E-state index in [4.69, 9.17) is 5.21 Å². The van der Waals surface area contributed by atoms with Gasteiger partial charge in [-0.3, -0.25) is 16.1 Å². The fraction of sp³-hybridized carbons (Fsp3) is 0. The summed E-state index contributed by atoms with van der Waals surface area (Å²) in [5, 5.41) is 12.6. The topological polar surface area (TPSA) is 56.6 Å². The lowest BCUT2D eigenvalue weighted by molar-refractivity contribution is 0.389. The van der Waals surface area contributed by atoms with Crippen LogP contribution in [0.3, 0.4) is 0 Å². The predicted molar refractivity (Wildman–Crippen MR) is 53.0 cm³/mol. The van der Waals surface area contributed by atoms with Crippen LogP contribution in [0.25, 0.3) is 6.08 Å². The SMILES string of the molecule is ONc1ccc2c(c1)C=CC=NN2. The van der Waals surface area contributed by atoms with Crippen LogP contribution in [0.2, 0.25) is 0 Å². The van der Waals surface area contributed by atoms with E-state index in [2.05, 4.69) is 16.0 Å². The number of hydrogen-bond acceptors (Lipinski definition) is 4. The molecule has 2 rings (SSSR count). The van der Waals surface area contributed by atoms with Crippen molar-refractivity contribution in [1.82, 2.24) is 0 Å². The fourth-order valence-electron chi connectivity index (χ4n) is 1.17. The Hall–Kier alpha value is -1.81. The molecule has 0 atom stereocenters. The zero-order chi connectivity index (χ0) is 9.10. The number of hydrazone groups is 1. The first-order chi connectivity index (χ1) is 6.40. The third-order valence-electron chi connectivity index (χ3n) is 1.80. The summed E-state index contributed by atoms with van der Waals surface area (Å²) in [4.78, 5) is 0. The summed E-state index contributed by atoms with van der Waals surface area (Å²) in [7, 11) is 0. The van der Waals surface area contributed by atoms with Gasteiger partial charge in [-0.1, -0.05) is 6.08 Å². The summed E-state index contributed by atoms with van der Waals surface area (Å²) < 4.78 is 0. The minimum Gasteiger partial charge on any atom is -0.291 e. The Balaban J connectivity index is 2.45. The van der Waals surface area contributed by atoms with Crippen LogP contribution in [0, 0.1) is 0 Å². The second-order valence-corrected chi connectivity index (χ2v) is 2.66. The van der Waals surface area contributed by atoms with Crippen molar-refractivity contribution in [1.29, 1.82) is 0 Å². The number of anilines is 2. The van der Waals surface area contributed by atoms with Gasteiger partial charge in [-0.25, -0.2) is 0 Å². The molecule has 0 aliphatic carbocycles. The Bertz CT molecular complexity index is 371. The van der Waals surface area contributed by atoms with Gasteiger partial charge in [0, 0.05) is 11.8 Å². The van der Waals surface area contributed by atoms with Gasteiger partial charge < -0.3 is 0 Å². The van der Waals surface area contributed by atoms with Crippen LogP contribution in [0.1, 0.15) is 5.56 Å². The van der Waals surface area contributed by atoms with Crippen LogP contribution in [-0.4, -0.2) is 11.4 Å². The van der Waals surface area contributed by atoms with E-state index in [0.29, 0.717) is 5.69 Å². The first-order valence-corrected chi connectivity index (χ1v) is 3.90. The van der Waals surface area contributed by atoms with Gasteiger partial charge in [0.05, 0.1) is 11.4 Å². The second kappa shape index (κ2) is 3.28. The first kappa shape index (κ1) is 7.82. The number of fused-ring (bicyclic) bond motifs is 1. The van der Waals surface area contributed by atoms with Crippen LogP contribution >= 0.6 is 0 Å². The van der Waals surface area contributed by atoms with Gasteiger partial charge in [0.2, 0.25) is 0 Å². The van der Waals surface area contributed by atoms with Crippen molar-refractivity contribution in [3.8, 4) is 0 Å². The molecule has 0 saturated heterocycles. The molecule has 0 fully saturated rings. The Morgan fingerprint density at radius 3 is 3.15 bits per heavy atom. The van der Waals surface area contributed by atoms with Crippen LogP contribution in [0.15, 0.2) is 29.4 Å². The van der Waals surface area contributed by atoms with Gasteiger partial charge >= 0.3 is 0 Å². The summed E-state index contributed by atoms with van der Waals surface area (Å²) >= 11 is 0. The van der Waals surface area contributed by atoms with Crippen molar-refractivity contribution in [2.24, 2.45) is 5.10 Å². The monoisotopic (exact) mass is 175 g/mol. The predicted octanol–water partition coefficient (Wildman–Crippen LogP) is 1.91. The van der Waals surface area contributed by atoms with Crippen LogP contribution in [0.4, 0.5) is 11.4 Å². The number of nitrogens with one attached hydrogen (secondary N) is 2. The number of hydrogen-bond donors (Lipinski definition) is 3. The highest BCUT2D eigenvalue weighted by atomic mass is 16.5. The molecule has 3 N–H and O–H groups in total. The molecule has 1 aromatic carbocycles. The Morgan fingerprint density at radius 2 is 2.31 bits per heavy atom. The van der Waals surface area contributed by atoms with Crippen molar-refractivity contribution in [3.05, 3.63) is 29.8 Å². The molecule has 13 heavy (non-hydrogen) atoms. The fourth-order valence-corrected chi connectivity index (χ4v) is 1.17. The van der Waals surface area contributed by atoms with Crippen molar-refractivity contribution in [2.75, 3.05) is 10.9 Å². The lowest BCUT2D eigenvalue weighted by Gasteiger charge is -2.05. The van der Waals surface area contributed by atoms with Gasteiger partial charge in [0.25, 0.3) is 0 Å². The molecule has 1 aromatic rings. The second-order valence-electron chi connectivity index (χ2n) is 2.66. The van der Waals surface area contributed by atoms with E-state index in [9.17, 15) is 0 Å². The molecule has 4 nitrogen and oxygen atoms in total. The Labute approximate surface area is 75.5 Å². The third kappa shape index (κ3) is 1.52. The summed E-state index contributed by atoms with van der Waals surface area (Å²) in [6.07, 6.45) is 5.42. The molecule has 0 radical (unpaired) electrons. The molecule has 66 valence electrons. The maximum absolute atomic E-state index is 8.68. The third-order valence-corrected chi connectivity index (χ3v) is 1.80. The molecule has 0 spiro atoms. The minimum atomic E-state index is 0.659. The average Bonchev–Trinajstić information content (AvgIpc) is 2.41. The van der Waals surface area contributed by atoms with E-state index in [-0.39, 0.29) is 0 Å². The summed E-state index contributed by atoms with van der Waals surface area (Å²) in [5.41, 5.74) is 7.53. The van der Waals surface area contributed by atoms with Crippen LogP contribution in [0.5, 0.6) is 0 Å². The largest absolute Gasteiger partial charge is 0.291 e. The maximum atomic E-state index is 8.68. The van der Waals surface area contributed by atoms with E-state index < -0.39 is 0 Å². The highest BCUT2D eigenvalue weighted by Crippen LogP contribution is 2.22. The summed E-state index contributed by atoms with van der Waals surface area (Å²) in [5.74, 6) is 0. The van der Waals surface area contributed by atoms with E-state index >= 15 is 0 Å². The van der Waals surface area contributed by atoms with Gasteiger partial charge in [0.15, 0.2) is 0 Å². The molecule has 1 aliphatic rings. The standard InChI is InChI=1S/C9H9N3O/c13-12-8-3-4-9-7(6-8)2-1-5-10-11-9/h1-6,11-13H.